The van der Waals surface area contributed by atoms with Gasteiger partial charge >= 0.3 is 0 Å². The Hall–Kier alpha value is -2.89. The third kappa shape index (κ3) is 3.35. The number of aromatic nitrogens is 2. The number of fused-ring (bicyclic) bond motifs is 1. The Morgan fingerprint density at radius 3 is 2.54 bits per heavy atom. The van der Waals surface area contributed by atoms with Crippen molar-refractivity contribution in [1.29, 1.82) is 0 Å². The van der Waals surface area contributed by atoms with E-state index in [1.165, 1.54) is 5.56 Å². The number of amides is 1. The number of likely N-dealkylation sites (tertiary alicyclic amines) is 1. The van der Waals surface area contributed by atoms with Crippen LogP contribution in [0.3, 0.4) is 0 Å². The molecule has 0 saturated carbocycles. The van der Waals surface area contributed by atoms with Crippen LogP contribution in [0, 0.1) is 6.92 Å². The molecule has 0 spiro atoms. The van der Waals surface area contributed by atoms with E-state index < -0.39 is 0 Å². The second kappa shape index (κ2) is 7.26. The quantitative estimate of drug-likeness (QED) is 0.730. The molecule has 3 heterocycles. The lowest BCUT2D eigenvalue weighted by Crippen LogP contribution is -2.38. The Kier molecular flexibility index (Phi) is 4.79. The Balaban J connectivity index is 1.57. The number of aromatic hydroxyl groups is 1. The van der Waals surface area contributed by atoms with E-state index in [1.807, 2.05) is 30.0 Å². The van der Waals surface area contributed by atoms with Crippen molar-refractivity contribution < 1.29 is 14.4 Å². The molecule has 1 aliphatic heterocycles. The van der Waals surface area contributed by atoms with Crippen LogP contribution in [0.4, 0.5) is 0 Å². The van der Waals surface area contributed by atoms with Gasteiger partial charge in [0.1, 0.15) is 5.75 Å². The van der Waals surface area contributed by atoms with Gasteiger partial charge in [-0.2, -0.15) is 0 Å². The van der Waals surface area contributed by atoms with E-state index in [0.29, 0.717) is 36.0 Å². The number of phenolic OH excluding ortho intramolecular Hbond substituents is 1. The first kappa shape index (κ1) is 18.5. The predicted molar refractivity (Wildman–Crippen MR) is 107 cm³/mol. The second-order valence-electron chi connectivity index (χ2n) is 7.86. The Morgan fingerprint density at radius 2 is 1.89 bits per heavy atom. The summed E-state index contributed by atoms with van der Waals surface area (Å²) in [6.07, 6.45) is 1.81. The topological polar surface area (TPSA) is 79.5 Å². The number of piperidine rings is 1. The number of pyridine rings is 1. The maximum absolute atomic E-state index is 13.3. The number of rotatable bonds is 3. The van der Waals surface area contributed by atoms with Gasteiger partial charge in [0.2, 0.25) is 0 Å². The summed E-state index contributed by atoms with van der Waals surface area (Å²) in [5.41, 5.74) is 3.82. The van der Waals surface area contributed by atoms with Crippen LogP contribution in [0.2, 0.25) is 0 Å². The summed E-state index contributed by atoms with van der Waals surface area (Å²) in [7, 11) is 0. The van der Waals surface area contributed by atoms with E-state index >= 15 is 0 Å². The number of phenols is 1. The summed E-state index contributed by atoms with van der Waals surface area (Å²) in [4.78, 5) is 19.8. The molecule has 1 aliphatic rings. The van der Waals surface area contributed by atoms with Gasteiger partial charge in [0.05, 0.1) is 16.6 Å². The first-order valence-electron chi connectivity index (χ1n) is 9.79. The molecule has 0 atom stereocenters. The molecular weight excluding hydrogens is 354 g/mol. The van der Waals surface area contributed by atoms with Gasteiger partial charge < -0.3 is 14.5 Å². The largest absolute Gasteiger partial charge is 0.508 e. The SMILES string of the molecule is Cc1noc2nc(C(C)C)cc(C(=O)N3CCC(c4ccc(O)cc4)CC3)c12. The number of carbonyl (C=O) groups excluding carboxylic acids is 1. The monoisotopic (exact) mass is 379 g/mol. The van der Waals surface area contributed by atoms with Crippen LogP contribution >= 0.6 is 0 Å². The van der Waals surface area contributed by atoms with E-state index in [1.54, 1.807) is 12.1 Å². The van der Waals surface area contributed by atoms with E-state index in [4.69, 9.17) is 4.52 Å². The smallest absolute Gasteiger partial charge is 0.259 e. The molecule has 146 valence electrons. The fourth-order valence-corrected chi connectivity index (χ4v) is 3.91. The van der Waals surface area contributed by atoms with E-state index in [9.17, 15) is 9.90 Å². The maximum Gasteiger partial charge on any atom is 0.259 e. The van der Waals surface area contributed by atoms with Gasteiger partial charge in [0.15, 0.2) is 0 Å². The number of hydrogen-bond acceptors (Lipinski definition) is 5. The second-order valence-corrected chi connectivity index (χ2v) is 7.86. The summed E-state index contributed by atoms with van der Waals surface area (Å²) in [5.74, 6) is 0.903. The molecule has 6 heteroatoms. The van der Waals surface area contributed by atoms with Gasteiger partial charge in [-0.25, -0.2) is 4.98 Å². The minimum Gasteiger partial charge on any atom is -0.508 e. The number of hydrogen-bond donors (Lipinski definition) is 1. The number of carbonyl (C=O) groups is 1. The summed E-state index contributed by atoms with van der Waals surface area (Å²) in [5, 5.41) is 14.2. The van der Waals surface area contributed by atoms with E-state index in [-0.39, 0.29) is 17.6 Å². The van der Waals surface area contributed by atoms with Crippen molar-refractivity contribution in [1.82, 2.24) is 15.0 Å². The molecule has 1 saturated heterocycles. The lowest BCUT2D eigenvalue weighted by molar-refractivity contribution is 0.0714. The summed E-state index contributed by atoms with van der Waals surface area (Å²) >= 11 is 0. The van der Waals surface area contributed by atoms with Crippen LogP contribution in [0.1, 0.15) is 65.8 Å². The highest BCUT2D eigenvalue weighted by atomic mass is 16.5. The standard InChI is InChI=1S/C22H25N3O3/c1-13(2)19-12-18(20-14(3)24-28-21(20)23-19)22(27)25-10-8-16(9-11-25)15-4-6-17(26)7-5-15/h4-7,12-13,16,26H,8-11H2,1-3H3. The molecule has 1 fully saturated rings. The molecule has 3 aromatic rings. The fourth-order valence-electron chi connectivity index (χ4n) is 3.91. The Labute approximate surface area is 164 Å². The number of nitrogens with zero attached hydrogens (tertiary/aromatic N) is 3. The van der Waals surface area contributed by atoms with Crippen LogP contribution in [0.25, 0.3) is 11.1 Å². The lowest BCUT2D eigenvalue weighted by atomic mass is 9.89. The average Bonchev–Trinajstić information content (AvgIpc) is 3.08. The van der Waals surface area contributed by atoms with Gasteiger partial charge in [-0.1, -0.05) is 31.1 Å². The highest BCUT2D eigenvalue weighted by molar-refractivity contribution is 6.06. The number of aryl methyl sites for hydroxylation is 1. The van der Waals surface area contributed by atoms with Crippen molar-refractivity contribution in [2.45, 2.75) is 45.4 Å². The van der Waals surface area contributed by atoms with Crippen LogP contribution in [-0.4, -0.2) is 39.1 Å². The molecule has 2 aromatic heterocycles. The molecule has 1 aromatic carbocycles. The predicted octanol–water partition coefficient (Wildman–Crippen LogP) is 4.38. The molecule has 0 radical (unpaired) electrons. The first-order chi connectivity index (χ1) is 13.4. The third-order valence-corrected chi connectivity index (χ3v) is 5.61. The van der Waals surface area contributed by atoms with Gasteiger partial charge in [0.25, 0.3) is 11.6 Å². The number of benzene rings is 1. The lowest BCUT2D eigenvalue weighted by Gasteiger charge is -2.32. The van der Waals surface area contributed by atoms with Crippen LogP contribution in [0.5, 0.6) is 5.75 Å². The van der Waals surface area contributed by atoms with Crippen molar-refractivity contribution in [3.63, 3.8) is 0 Å². The van der Waals surface area contributed by atoms with Gasteiger partial charge in [-0.3, -0.25) is 4.79 Å². The van der Waals surface area contributed by atoms with Crippen molar-refractivity contribution in [3.8, 4) is 5.75 Å². The zero-order valence-corrected chi connectivity index (χ0v) is 16.5. The highest BCUT2D eigenvalue weighted by Gasteiger charge is 2.28. The van der Waals surface area contributed by atoms with Crippen LogP contribution in [-0.2, 0) is 0 Å². The van der Waals surface area contributed by atoms with Crippen molar-refractivity contribution >= 4 is 17.0 Å². The molecule has 0 aliphatic carbocycles. The molecule has 1 amide bonds. The Morgan fingerprint density at radius 1 is 1.21 bits per heavy atom. The van der Waals surface area contributed by atoms with Gasteiger partial charge in [-0.15, -0.1) is 0 Å². The first-order valence-corrected chi connectivity index (χ1v) is 9.79. The molecular formula is C22H25N3O3. The van der Waals surface area contributed by atoms with E-state index in [2.05, 4.69) is 24.0 Å². The van der Waals surface area contributed by atoms with Gasteiger partial charge in [0, 0.05) is 18.8 Å². The molecule has 4 rings (SSSR count). The van der Waals surface area contributed by atoms with Crippen LogP contribution in [0.15, 0.2) is 34.9 Å². The zero-order chi connectivity index (χ0) is 19.8. The summed E-state index contributed by atoms with van der Waals surface area (Å²) in [6.45, 7) is 7.35. The minimum absolute atomic E-state index is 0.0183. The molecule has 0 unspecified atom stereocenters. The van der Waals surface area contributed by atoms with Crippen molar-refractivity contribution in [2.75, 3.05) is 13.1 Å². The molecule has 1 N–H and O–H groups in total. The van der Waals surface area contributed by atoms with Crippen LogP contribution < -0.4 is 0 Å². The normalized spacial score (nSPS) is 15.5. The molecule has 6 nitrogen and oxygen atoms in total. The Bertz CT molecular complexity index is 1000. The zero-order valence-electron chi connectivity index (χ0n) is 16.5. The summed E-state index contributed by atoms with van der Waals surface area (Å²) < 4.78 is 5.35. The summed E-state index contributed by atoms with van der Waals surface area (Å²) in [6, 6.07) is 9.29. The molecule has 0 bridgehead atoms. The van der Waals surface area contributed by atoms with Crippen molar-refractivity contribution in [2.24, 2.45) is 0 Å². The highest BCUT2D eigenvalue weighted by Crippen LogP contribution is 2.31. The third-order valence-electron chi connectivity index (χ3n) is 5.61. The molecule has 28 heavy (non-hydrogen) atoms. The van der Waals surface area contributed by atoms with E-state index in [0.717, 1.165) is 23.9 Å². The average molecular weight is 379 g/mol. The van der Waals surface area contributed by atoms with Gasteiger partial charge in [-0.05, 0) is 55.4 Å². The minimum atomic E-state index is 0.0183. The maximum atomic E-state index is 13.3. The fraction of sp³-hybridized carbons (Fsp3) is 0.409. The van der Waals surface area contributed by atoms with Crippen molar-refractivity contribution in [3.05, 3.63) is 52.8 Å².